The highest BCUT2D eigenvalue weighted by atomic mass is 16.5. The number of carbonyl (C=O) groups is 1. The minimum atomic E-state index is -1.02. The summed E-state index contributed by atoms with van der Waals surface area (Å²) in [5.41, 5.74) is 0.990. The van der Waals surface area contributed by atoms with Gasteiger partial charge in [0.2, 0.25) is 0 Å². The minimum absolute atomic E-state index is 0.241. The maximum absolute atomic E-state index is 11.7. The Balaban J connectivity index is 2.49. The van der Waals surface area contributed by atoms with Gasteiger partial charge in [-0.1, -0.05) is 0 Å². The number of carboxylic acid groups (broad SMARTS) is 1. The van der Waals surface area contributed by atoms with Crippen molar-refractivity contribution in [2.75, 3.05) is 7.11 Å². The van der Waals surface area contributed by atoms with Crippen molar-refractivity contribution in [1.82, 2.24) is 14.6 Å². The molecule has 0 aromatic carbocycles. The zero-order valence-corrected chi connectivity index (χ0v) is 9.14. The van der Waals surface area contributed by atoms with Crippen LogP contribution in [-0.2, 0) is 22.6 Å². The van der Waals surface area contributed by atoms with E-state index in [2.05, 4.69) is 10.1 Å². The highest BCUT2D eigenvalue weighted by molar-refractivity contribution is 5.69. The van der Waals surface area contributed by atoms with Gasteiger partial charge in [0.1, 0.15) is 0 Å². The molecule has 0 aliphatic rings. The molecule has 2 aromatic heterocycles. The van der Waals surface area contributed by atoms with Crippen LogP contribution in [0.15, 0.2) is 16.9 Å². The lowest BCUT2D eigenvalue weighted by atomic mass is 10.3. The van der Waals surface area contributed by atoms with E-state index in [1.54, 1.807) is 6.07 Å². The standard InChI is InChI=1S/C10H11N3O4/c1-17-5-7-2-8-11-6(4-10(15)16)3-9(14)13(8)12-7/h2-3,12H,4-5H2,1H3,(H,15,16). The molecular formula is C10H11N3O4. The number of ether oxygens (including phenoxy) is 1. The fourth-order valence-corrected chi connectivity index (χ4v) is 1.57. The molecule has 0 saturated heterocycles. The van der Waals surface area contributed by atoms with Gasteiger partial charge in [-0.25, -0.2) is 9.50 Å². The molecule has 0 bridgehead atoms. The van der Waals surface area contributed by atoms with E-state index in [9.17, 15) is 9.59 Å². The van der Waals surface area contributed by atoms with E-state index in [1.807, 2.05) is 0 Å². The van der Waals surface area contributed by atoms with Gasteiger partial charge in [0.25, 0.3) is 5.56 Å². The van der Waals surface area contributed by atoms with Crippen molar-refractivity contribution in [3.8, 4) is 0 Å². The number of aliphatic carboxylic acids is 1. The van der Waals surface area contributed by atoms with Gasteiger partial charge in [-0.15, -0.1) is 0 Å². The molecule has 2 heterocycles. The van der Waals surface area contributed by atoms with Crippen molar-refractivity contribution in [1.29, 1.82) is 0 Å². The van der Waals surface area contributed by atoms with Crippen LogP contribution >= 0.6 is 0 Å². The van der Waals surface area contributed by atoms with Crippen molar-refractivity contribution >= 4 is 11.6 Å². The van der Waals surface area contributed by atoms with Gasteiger partial charge in [0.05, 0.1) is 24.4 Å². The van der Waals surface area contributed by atoms with Gasteiger partial charge >= 0.3 is 5.97 Å². The number of hydrogen-bond acceptors (Lipinski definition) is 4. The monoisotopic (exact) mass is 237 g/mol. The van der Waals surface area contributed by atoms with E-state index in [0.717, 1.165) is 0 Å². The Morgan fingerprint density at radius 1 is 1.59 bits per heavy atom. The Labute approximate surface area is 95.6 Å². The Kier molecular flexibility index (Phi) is 2.92. The first-order valence-corrected chi connectivity index (χ1v) is 4.91. The summed E-state index contributed by atoms with van der Waals surface area (Å²) in [4.78, 5) is 26.3. The number of carboxylic acids is 1. The van der Waals surface area contributed by atoms with Gasteiger partial charge in [0, 0.05) is 19.2 Å². The number of nitrogens with one attached hydrogen (secondary N) is 1. The van der Waals surface area contributed by atoms with E-state index in [1.165, 1.54) is 17.7 Å². The highest BCUT2D eigenvalue weighted by Crippen LogP contribution is 2.04. The summed E-state index contributed by atoms with van der Waals surface area (Å²) < 4.78 is 6.17. The van der Waals surface area contributed by atoms with Crippen molar-refractivity contribution in [3.63, 3.8) is 0 Å². The Hall–Kier alpha value is -2.15. The third-order valence-corrected chi connectivity index (χ3v) is 2.19. The Morgan fingerprint density at radius 3 is 3.00 bits per heavy atom. The van der Waals surface area contributed by atoms with Gasteiger partial charge in [-0.3, -0.25) is 14.7 Å². The second-order valence-corrected chi connectivity index (χ2v) is 3.56. The summed E-state index contributed by atoms with van der Waals surface area (Å²) in [5.74, 6) is -1.02. The van der Waals surface area contributed by atoms with Gasteiger partial charge < -0.3 is 9.84 Å². The fraction of sp³-hybridized carbons (Fsp3) is 0.300. The number of H-pyrrole nitrogens is 1. The first-order chi connectivity index (χ1) is 8.10. The first kappa shape index (κ1) is 11.3. The molecule has 0 aliphatic carbocycles. The normalized spacial score (nSPS) is 10.9. The van der Waals surface area contributed by atoms with Crippen LogP contribution in [0.3, 0.4) is 0 Å². The summed E-state index contributed by atoms with van der Waals surface area (Å²) in [6.07, 6.45) is -0.267. The summed E-state index contributed by atoms with van der Waals surface area (Å²) in [7, 11) is 1.54. The maximum Gasteiger partial charge on any atom is 0.309 e. The molecule has 0 saturated carbocycles. The summed E-state index contributed by atoms with van der Waals surface area (Å²) in [6, 6.07) is 2.85. The van der Waals surface area contributed by atoms with E-state index < -0.39 is 5.97 Å². The molecule has 17 heavy (non-hydrogen) atoms. The largest absolute Gasteiger partial charge is 0.481 e. The average Bonchev–Trinajstić information content (AvgIpc) is 2.60. The molecule has 0 spiro atoms. The van der Waals surface area contributed by atoms with Crippen LogP contribution in [0.1, 0.15) is 11.4 Å². The van der Waals surface area contributed by atoms with Crippen molar-refractivity contribution < 1.29 is 14.6 Å². The predicted molar refractivity (Wildman–Crippen MR) is 57.9 cm³/mol. The lowest BCUT2D eigenvalue weighted by Crippen LogP contribution is -2.17. The lowest BCUT2D eigenvalue weighted by Gasteiger charge is -1.96. The van der Waals surface area contributed by atoms with Crippen molar-refractivity contribution in [3.05, 3.63) is 33.9 Å². The number of fused-ring (bicyclic) bond motifs is 1. The SMILES string of the molecule is COCc1cc2nc(CC(=O)O)cc(=O)n2[nH]1. The number of aromatic nitrogens is 3. The summed E-state index contributed by atoms with van der Waals surface area (Å²) in [5, 5.41) is 11.5. The predicted octanol–water partition coefficient (Wildman–Crippen LogP) is -0.204. The molecular weight excluding hydrogens is 226 g/mol. The molecule has 2 rings (SSSR count). The van der Waals surface area contributed by atoms with Gasteiger partial charge in [-0.2, -0.15) is 0 Å². The van der Waals surface area contributed by atoms with E-state index in [-0.39, 0.29) is 17.7 Å². The van der Waals surface area contributed by atoms with Crippen molar-refractivity contribution in [2.45, 2.75) is 13.0 Å². The Morgan fingerprint density at radius 2 is 2.35 bits per heavy atom. The van der Waals surface area contributed by atoms with Gasteiger partial charge in [0.15, 0.2) is 5.65 Å². The smallest absolute Gasteiger partial charge is 0.309 e. The number of hydrogen-bond donors (Lipinski definition) is 2. The lowest BCUT2D eigenvalue weighted by molar-refractivity contribution is -0.136. The molecule has 0 radical (unpaired) electrons. The highest BCUT2D eigenvalue weighted by Gasteiger charge is 2.08. The van der Waals surface area contributed by atoms with Crippen molar-refractivity contribution in [2.24, 2.45) is 0 Å². The average molecular weight is 237 g/mol. The Bertz CT molecular complexity index is 614. The molecule has 0 atom stereocenters. The first-order valence-electron chi connectivity index (χ1n) is 4.91. The quantitative estimate of drug-likeness (QED) is 0.767. The van der Waals surface area contributed by atoms with Crippen LogP contribution in [0, 0.1) is 0 Å². The van der Waals surface area contributed by atoms with Crippen LogP contribution in [0.5, 0.6) is 0 Å². The second-order valence-electron chi connectivity index (χ2n) is 3.56. The van der Waals surface area contributed by atoms with E-state index in [0.29, 0.717) is 17.9 Å². The van der Waals surface area contributed by atoms with Crippen LogP contribution in [0.4, 0.5) is 0 Å². The molecule has 0 unspecified atom stereocenters. The van der Waals surface area contributed by atoms with Crippen LogP contribution in [-0.4, -0.2) is 32.8 Å². The molecule has 0 fully saturated rings. The number of aromatic amines is 1. The molecule has 7 heteroatoms. The van der Waals surface area contributed by atoms with Crippen LogP contribution < -0.4 is 5.56 Å². The van der Waals surface area contributed by atoms with Crippen LogP contribution in [0.2, 0.25) is 0 Å². The zero-order valence-electron chi connectivity index (χ0n) is 9.14. The number of methoxy groups -OCH3 is 1. The summed E-state index contributed by atoms with van der Waals surface area (Å²) in [6.45, 7) is 0.330. The minimum Gasteiger partial charge on any atom is -0.481 e. The second kappa shape index (κ2) is 4.38. The van der Waals surface area contributed by atoms with E-state index >= 15 is 0 Å². The maximum atomic E-state index is 11.7. The number of nitrogens with zero attached hydrogens (tertiary/aromatic N) is 2. The number of rotatable bonds is 4. The van der Waals surface area contributed by atoms with Gasteiger partial charge in [-0.05, 0) is 0 Å². The third kappa shape index (κ3) is 2.34. The molecule has 90 valence electrons. The van der Waals surface area contributed by atoms with E-state index in [4.69, 9.17) is 9.84 Å². The molecule has 0 amide bonds. The third-order valence-electron chi connectivity index (χ3n) is 2.19. The van der Waals surface area contributed by atoms with Crippen LogP contribution in [0.25, 0.3) is 5.65 Å². The molecule has 2 N–H and O–H groups in total. The molecule has 2 aromatic rings. The fourth-order valence-electron chi connectivity index (χ4n) is 1.57. The molecule has 0 aliphatic heterocycles. The zero-order chi connectivity index (χ0) is 12.4. The topological polar surface area (TPSA) is 96.7 Å². The molecule has 7 nitrogen and oxygen atoms in total. The summed E-state index contributed by atoms with van der Waals surface area (Å²) >= 11 is 0.